The molecular formula is C16H29N3. The topological polar surface area (TPSA) is 32.5 Å². The Morgan fingerprint density at radius 2 is 1.63 bits per heavy atom. The van der Waals surface area contributed by atoms with Gasteiger partial charge in [0.15, 0.2) is 0 Å². The predicted octanol–water partition coefficient (Wildman–Crippen LogP) is 1.67. The Kier molecular flexibility index (Phi) is 3.13. The molecule has 2 N–H and O–H groups in total. The molecule has 4 fully saturated rings. The summed E-state index contributed by atoms with van der Waals surface area (Å²) in [6.45, 7) is 6.11. The van der Waals surface area contributed by atoms with Crippen molar-refractivity contribution in [2.24, 2.45) is 17.6 Å². The molecule has 1 atom stereocenters. The van der Waals surface area contributed by atoms with Gasteiger partial charge in [0.2, 0.25) is 0 Å². The van der Waals surface area contributed by atoms with Crippen molar-refractivity contribution in [2.45, 2.75) is 56.5 Å². The minimum atomic E-state index is 0.327. The Labute approximate surface area is 117 Å². The molecule has 4 rings (SSSR count). The number of hydrogen-bond donors (Lipinski definition) is 1. The van der Waals surface area contributed by atoms with Crippen LogP contribution in [-0.2, 0) is 0 Å². The van der Waals surface area contributed by atoms with Crippen LogP contribution in [0.2, 0.25) is 0 Å². The smallest absolute Gasteiger partial charge is 0.0470 e. The summed E-state index contributed by atoms with van der Waals surface area (Å²) in [5.74, 6) is 1.99. The van der Waals surface area contributed by atoms with Crippen LogP contribution in [0.25, 0.3) is 0 Å². The van der Waals surface area contributed by atoms with Gasteiger partial charge in [0.25, 0.3) is 0 Å². The first-order valence-electron chi connectivity index (χ1n) is 8.48. The maximum atomic E-state index is 6.28. The van der Waals surface area contributed by atoms with Crippen molar-refractivity contribution in [2.75, 3.05) is 32.7 Å². The lowest BCUT2D eigenvalue weighted by atomic mass is 9.95. The number of rotatable bonds is 7. The normalized spacial score (nSPS) is 36.3. The quantitative estimate of drug-likeness (QED) is 0.758. The summed E-state index contributed by atoms with van der Waals surface area (Å²) in [5.41, 5.74) is 6.60. The zero-order valence-electron chi connectivity index (χ0n) is 12.2. The zero-order valence-corrected chi connectivity index (χ0v) is 12.2. The molecule has 0 radical (unpaired) electrons. The fourth-order valence-electron chi connectivity index (χ4n) is 3.88. The van der Waals surface area contributed by atoms with Gasteiger partial charge in [-0.05, 0) is 56.8 Å². The molecular weight excluding hydrogens is 234 g/mol. The summed E-state index contributed by atoms with van der Waals surface area (Å²) >= 11 is 0. The number of hydrogen-bond acceptors (Lipinski definition) is 3. The predicted molar refractivity (Wildman–Crippen MR) is 78.0 cm³/mol. The third kappa shape index (κ3) is 2.70. The molecule has 1 unspecified atom stereocenters. The van der Waals surface area contributed by atoms with Crippen LogP contribution in [-0.4, -0.2) is 54.1 Å². The molecule has 0 spiro atoms. The lowest BCUT2D eigenvalue weighted by Crippen LogP contribution is -2.57. The summed E-state index contributed by atoms with van der Waals surface area (Å²) < 4.78 is 0. The van der Waals surface area contributed by atoms with Crippen LogP contribution >= 0.6 is 0 Å². The number of nitrogens with zero attached hydrogens (tertiary/aromatic N) is 2. The van der Waals surface area contributed by atoms with Crippen molar-refractivity contribution in [3.63, 3.8) is 0 Å². The summed E-state index contributed by atoms with van der Waals surface area (Å²) in [6.07, 6.45) is 10.1. The monoisotopic (exact) mass is 263 g/mol. The zero-order chi connectivity index (χ0) is 12.9. The van der Waals surface area contributed by atoms with Crippen molar-refractivity contribution in [3.05, 3.63) is 0 Å². The molecule has 19 heavy (non-hydrogen) atoms. The molecule has 1 aliphatic heterocycles. The molecule has 0 aromatic carbocycles. The average molecular weight is 263 g/mol. The fourth-order valence-corrected chi connectivity index (χ4v) is 3.88. The van der Waals surface area contributed by atoms with Gasteiger partial charge < -0.3 is 5.73 Å². The highest BCUT2D eigenvalue weighted by atomic mass is 15.3. The van der Waals surface area contributed by atoms with Gasteiger partial charge in [-0.25, -0.2) is 0 Å². The second-order valence-electron chi connectivity index (χ2n) is 7.67. The van der Waals surface area contributed by atoms with E-state index in [4.69, 9.17) is 5.73 Å². The average Bonchev–Trinajstić information content (AvgIpc) is 3.24. The van der Waals surface area contributed by atoms with Gasteiger partial charge in [-0.2, -0.15) is 0 Å². The van der Waals surface area contributed by atoms with E-state index in [1.807, 2.05) is 0 Å². The molecule has 3 nitrogen and oxygen atoms in total. The summed E-state index contributed by atoms with van der Waals surface area (Å²) in [5, 5.41) is 0. The van der Waals surface area contributed by atoms with E-state index >= 15 is 0 Å². The van der Waals surface area contributed by atoms with Gasteiger partial charge in [-0.1, -0.05) is 0 Å². The van der Waals surface area contributed by atoms with Crippen LogP contribution in [0.3, 0.4) is 0 Å². The molecule has 1 heterocycles. The SMILES string of the molecule is NCC1(N(CC2CC2)CC2CC2)CCN(C2CC2)C1. The highest BCUT2D eigenvalue weighted by molar-refractivity contribution is 5.05. The highest BCUT2D eigenvalue weighted by Gasteiger charge is 2.47. The van der Waals surface area contributed by atoms with Gasteiger partial charge in [0, 0.05) is 44.3 Å². The molecule has 1 saturated heterocycles. The van der Waals surface area contributed by atoms with E-state index < -0.39 is 0 Å². The Morgan fingerprint density at radius 1 is 1.00 bits per heavy atom. The minimum absolute atomic E-state index is 0.327. The third-order valence-electron chi connectivity index (χ3n) is 5.83. The molecule has 4 aliphatic rings. The van der Waals surface area contributed by atoms with E-state index in [1.165, 1.54) is 71.1 Å². The van der Waals surface area contributed by atoms with Crippen LogP contribution < -0.4 is 5.73 Å². The Hall–Kier alpha value is -0.120. The molecule has 0 amide bonds. The van der Waals surface area contributed by atoms with Crippen LogP contribution in [0.1, 0.15) is 44.9 Å². The van der Waals surface area contributed by atoms with E-state index in [0.29, 0.717) is 5.54 Å². The summed E-state index contributed by atoms with van der Waals surface area (Å²) in [4.78, 5) is 5.57. The molecule has 0 aromatic heterocycles. The third-order valence-corrected chi connectivity index (χ3v) is 5.83. The Bertz CT molecular complexity index is 319. The largest absolute Gasteiger partial charge is 0.329 e. The van der Waals surface area contributed by atoms with E-state index in [9.17, 15) is 0 Å². The molecule has 3 heteroatoms. The minimum Gasteiger partial charge on any atom is -0.329 e. The van der Waals surface area contributed by atoms with Gasteiger partial charge in [0.05, 0.1) is 0 Å². The van der Waals surface area contributed by atoms with E-state index in [0.717, 1.165) is 24.4 Å². The Morgan fingerprint density at radius 3 is 2.11 bits per heavy atom. The number of likely N-dealkylation sites (tertiary alicyclic amines) is 1. The van der Waals surface area contributed by atoms with Crippen molar-refractivity contribution >= 4 is 0 Å². The second-order valence-corrected chi connectivity index (χ2v) is 7.67. The molecule has 3 aliphatic carbocycles. The Balaban J connectivity index is 1.46. The fraction of sp³-hybridized carbons (Fsp3) is 1.00. The van der Waals surface area contributed by atoms with Gasteiger partial charge >= 0.3 is 0 Å². The van der Waals surface area contributed by atoms with Crippen molar-refractivity contribution in [3.8, 4) is 0 Å². The maximum absolute atomic E-state index is 6.28. The summed E-state index contributed by atoms with van der Waals surface area (Å²) in [7, 11) is 0. The van der Waals surface area contributed by atoms with Crippen LogP contribution in [0.5, 0.6) is 0 Å². The highest BCUT2D eigenvalue weighted by Crippen LogP contribution is 2.41. The first-order valence-corrected chi connectivity index (χ1v) is 8.48. The number of nitrogens with two attached hydrogens (primary N) is 1. The van der Waals surface area contributed by atoms with Gasteiger partial charge in [-0.15, -0.1) is 0 Å². The first-order chi connectivity index (χ1) is 9.29. The van der Waals surface area contributed by atoms with Gasteiger partial charge in [-0.3, -0.25) is 9.80 Å². The molecule has 0 bridgehead atoms. The lowest BCUT2D eigenvalue weighted by Gasteiger charge is -2.41. The standard InChI is InChI=1S/C16H29N3/c17-11-16(7-8-18(12-16)15-5-6-15)19(9-13-1-2-13)10-14-3-4-14/h13-15H,1-12,17H2. The van der Waals surface area contributed by atoms with Crippen molar-refractivity contribution in [1.29, 1.82) is 0 Å². The molecule has 108 valence electrons. The van der Waals surface area contributed by atoms with E-state index in [2.05, 4.69) is 9.80 Å². The lowest BCUT2D eigenvalue weighted by molar-refractivity contribution is 0.0864. The molecule has 3 saturated carbocycles. The second kappa shape index (κ2) is 4.71. The van der Waals surface area contributed by atoms with Crippen LogP contribution in [0.15, 0.2) is 0 Å². The van der Waals surface area contributed by atoms with Gasteiger partial charge in [0.1, 0.15) is 0 Å². The summed E-state index contributed by atoms with van der Waals surface area (Å²) in [6, 6.07) is 0.914. The van der Waals surface area contributed by atoms with Crippen LogP contribution in [0, 0.1) is 11.8 Å². The van der Waals surface area contributed by atoms with E-state index in [-0.39, 0.29) is 0 Å². The maximum Gasteiger partial charge on any atom is 0.0470 e. The first kappa shape index (κ1) is 12.6. The molecule has 0 aromatic rings. The van der Waals surface area contributed by atoms with Crippen LogP contribution in [0.4, 0.5) is 0 Å². The van der Waals surface area contributed by atoms with Crippen molar-refractivity contribution < 1.29 is 0 Å². The van der Waals surface area contributed by atoms with Crippen molar-refractivity contribution in [1.82, 2.24) is 9.80 Å². The van der Waals surface area contributed by atoms with E-state index in [1.54, 1.807) is 0 Å².